The third-order valence-electron chi connectivity index (χ3n) is 3.57. The largest absolute Gasteiger partial charge is 0.273 e. The SMILES string of the molecule is CCC1SCCSC1C(Cc1cnn(CC)c1)NN. The number of rotatable bonds is 6. The van der Waals surface area contributed by atoms with Crippen LogP contribution in [0.5, 0.6) is 0 Å². The van der Waals surface area contributed by atoms with Gasteiger partial charge in [-0.25, -0.2) is 0 Å². The van der Waals surface area contributed by atoms with Crippen LogP contribution in [-0.4, -0.2) is 37.8 Å². The van der Waals surface area contributed by atoms with E-state index in [0.717, 1.165) is 13.0 Å². The molecule has 108 valence electrons. The molecule has 3 N–H and O–H groups in total. The standard InChI is InChI=1S/C13H24N4S2/c1-3-12-13(19-6-5-18-12)11(16-14)7-10-8-15-17(4-2)9-10/h8-9,11-13,16H,3-7,14H2,1-2H3. The molecule has 1 aliphatic heterocycles. The number of thioether (sulfide) groups is 2. The average Bonchev–Trinajstić information content (AvgIpc) is 2.92. The Morgan fingerprint density at radius 1 is 1.47 bits per heavy atom. The summed E-state index contributed by atoms with van der Waals surface area (Å²) in [5.74, 6) is 8.31. The highest BCUT2D eigenvalue weighted by molar-refractivity contribution is 8.07. The van der Waals surface area contributed by atoms with E-state index in [1.165, 1.54) is 23.5 Å². The van der Waals surface area contributed by atoms with Gasteiger partial charge < -0.3 is 0 Å². The fourth-order valence-electron chi connectivity index (χ4n) is 2.52. The number of nitrogens with one attached hydrogen (secondary N) is 1. The lowest BCUT2D eigenvalue weighted by Gasteiger charge is -2.35. The van der Waals surface area contributed by atoms with Crippen LogP contribution in [-0.2, 0) is 13.0 Å². The van der Waals surface area contributed by atoms with E-state index >= 15 is 0 Å². The molecule has 1 aliphatic rings. The van der Waals surface area contributed by atoms with Gasteiger partial charge >= 0.3 is 0 Å². The van der Waals surface area contributed by atoms with Gasteiger partial charge in [0.1, 0.15) is 0 Å². The van der Waals surface area contributed by atoms with Crippen molar-refractivity contribution >= 4 is 23.5 Å². The molecule has 4 nitrogen and oxygen atoms in total. The van der Waals surface area contributed by atoms with Gasteiger partial charge in [-0.1, -0.05) is 6.92 Å². The first-order valence-corrected chi connectivity index (χ1v) is 9.08. The minimum Gasteiger partial charge on any atom is -0.273 e. The Kier molecular flexibility index (Phi) is 6.06. The van der Waals surface area contributed by atoms with E-state index < -0.39 is 0 Å². The zero-order valence-corrected chi connectivity index (χ0v) is 13.3. The van der Waals surface area contributed by atoms with Gasteiger partial charge in [0.2, 0.25) is 0 Å². The zero-order valence-electron chi connectivity index (χ0n) is 11.7. The molecule has 0 radical (unpaired) electrons. The van der Waals surface area contributed by atoms with Crippen molar-refractivity contribution in [2.24, 2.45) is 5.84 Å². The van der Waals surface area contributed by atoms with Crippen molar-refractivity contribution in [1.29, 1.82) is 0 Å². The van der Waals surface area contributed by atoms with Crippen LogP contribution in [0.15, 0.2) is 12.4 Å². The fourth-order valence-corrected chi connectivity index (χ4v) is 5.77. The van der Waals surface area contributed by atoms with Gasteiger partial charge in [-0.2, -0.15) is 28.6 Å². The average molecular weight is 300 g/mol. The fraction of sp³-hybridized carbons (Fsp3) is 0.769. The van der Waals surface area contributed by atoms with Crippen LogP contribution in [0.3, 0.4) is 0 Å². The highest BCUT2D eigenvalue weighted by Crippen LogP contribution is 2.35. The molecule has 6 heteroatoms. The maximum atomic E-state index is 5.81. The molecule has 1 aromatic rings. The molecule has 0 spiro atoms. The van der Waals surface area contributed by atoms with Gasteiger partial charge in [-0.15, -0.1) is 0 Å². The predicted octanol–water partition coefficient (Wildman–Crippen LogP) is 1.90. The van der Waals surface area contributed by atoms with Gasteiger partial charge in [0.25, 0.3) is 0 Å². The monoisotopic (exact) mass is 300 g/mol. The summed E-state index contributed by atoms with van der Waals surface area (Å²) < 4.78 is 1.98. The van der Waals surface area contributed by atoms with Gasteiger partial charge in [-0.3, -0.25) is 16.0 Å². The normalized spacial score (nSPS) is 25.4. The van der Waals surface area contributed by atoms with Crippen molar-refractivity contribution in [3.05, 3.63) is 18.0 Å². The number of hydrogen-bond acceptors (Lipinski definition) is 5. The Labute approximate surface area is 124 Å². The maximum absolute atomic E-state index is 5.81. The molecule has 0 saturated carbocycles. The summed E-state index contributed by atoms with van der Waals surface area (Å²) in [6.45, 7) is 5.31. The van der Waals surface area contributed by atoms with Crippen molar-refractivity contribution in [3.63, 3.8) is 0 Å². The zero-order chi connectivity index (χ0) is 13.7. The molecule has 3 atom stereocenters. The van der Waals surface area contributed by atoms with E-state index in [2.05, 4.69) is 54.1 Å². The van der Waals surface area contributed by atoms with Crippen molar-refractivity contribution in [1.82, 2.24) is 15.2 Å². The first-order chi connectivity index (χ1) is 9.28. The molecule has 1 aromatic heterocycles. The smallest absolute Gasteiger partial charge is 0.0522 e. The quantitative estimate of drug-likeness (QED) is 0.621. The van der Waals surface area contributed by atoms with E-state index in [1.807, 2.05) is 10.9 Å². The number of nitrogens with two attached hydrogens (primary N) is 1. The van der Waals surface area contributed by atoms with Crippen LogP contribution in [0.1, 0.15) is 25.8 Å². The minimum absolute atomic E-state index is 0.331. The lowest BCUT2D eigenvalue weighted by molar-refractivity contribution is 0.490. The molecule has 2 rings (SSSR count). The Morgan fingerprint density at radius 2 is 2.26 bits per heavy atom. The van der Waals surface area contributed by atoms with E-state index in [0.29, 0.717) is 16.5 Å². The topological polar surface area (TPSA) is 55.9 Å². The summed E-state index contributed by atoms with van der Waals surface area (Å²) in [7, 11) is 0. The number of hydrazine groups is 1. The molecule has 0 aliphatic carbocycles. The molecule has 3 unspecified atom stereocenters. The summed E-state index contributed by atoms with van der Waals surface area (Å²) in [4.78, 5) is 0. The third-order valence-corrected chi connectivity index (χ3v) is 6.98. The van der Waals surface area contributed by atoms with Crippen LogP contribution in [0.2, 0.25) is 0 Å². The minimum atomic E-state index is 0.331. The van der Waals surface area contributed by atoms with E-state index in [9.17, 15) is 0 Å². The molecule has 19 heavy (non-hydrogen) atoms. The Balaban J connectivity index is 2.01. The second-order valence-electron chi connectivity index (χ2n) is 4.83. The maximum Gasteiger partial charge on any atom is 0.0522 e. The van der Waals surface area contributed by atoms with Gasteiger partial charge in [-0.05, 0) is 25.3 Å². The van der Waals surface area contributed by atoms with Crippen LogP contribution in [0.4, 0.5) is 0 Å². The highest BCUT2D eigenvalue weighted by atomic mass is 32.2. The van der Waals surface area contributed by atoms with Crippen LogP contribution < -0.4 is 11.3 Å². The Bertz CT molecular complexity index is 382. The van der Waals surface area contributed by atoms with Crippen molar-refractivity contribution in [2.45, 2.75) is 49.8 Å². The second-order valence-corrected chi connectivity index (χ2v) is 7.47. The van der Waals surface area contributed by atoms with Crippen molar-refractivity contribution in [3.8, 4) is 0 Å². The second kappa shape index (κ2) is 7.57. The van der Waals surface area contributed by atoms with Gasteiger partial charge in [0.05, 0.1) is 6.20 Å². The molecular weight excluding hydrogens is 276 g/mol. The Hall–Kier alpha value is -0.170. The molecule has 0 amide bonds. The lowest BCUT2D eigenvalue weighted by atomic mass is 10.0. The summed E-state index contributed by atoms with van der Waals surface area (Å²) in [6, 6.07) is 0.331. The summed E-state index contributed by atoms with van der Waals surface area (Å²) >= 11 is 4.17. The summed E-state index contributed by atoms with van der Waals surface area (Å²) in [5, 5.41) is 5.65. The Morgan fingerprint density at radius 3 is 2.89 bits per heavy atom. The molecular formula is C13H24N4S2. The molecule has 1 fully saturated rings. The first kappa shape index (κ1) is 15.2. The molecule has 0 bridgehead atoms. The number of nitrogens with zero attached hydrogens (tertiary/aromatic N) is 2. The van der Waals surface area contributed by atoms with Crippen LogP contribution >= 0.6 is 23.5 Å². The number of aromatic nitrogens is 2. The molecule has 0 aromatic carbocycles. The van der Waals surface area contributed by atoms with Gasteiger partial charge in [0.15, 0.2) is 0 Å². The number of hydrogen-bond donors (Lipinski definition) is 2. The summed E-state index contributed by atoms with van der Waals surface area (Å²) in [5.41, 5.74) is 4.31. The first-order valence-electron chi connectivity index (χ1n) is 6.99. The van der Waals surface area contributed by atoms with Crippen LogP contribution in [0, 0.1) is 0 Å². The molecule has 1 saturated heterocycles. The highest BCUT2D eigenvalue weighted by Gasteiger charge is 2.31. The van der Waals surface area contributed by atoms with Crippen LogP contribution in [0.25, 0.3) is 0 Å². The van der Waals surface area contributed by atoms with E-state index in [1.54, 1.807) is 0 Å². The van der Waals surface area contributed by atoms with E-state index in [-0.39, 0.29) is 0 Å². The lowest BCUT2D eigenvalue weighted by Crippen LogP contribution is -2.49. The van der Waals surface area contributed by atoms with Gasteiger partial charge in [0, 0.05) is 40.8 Å². The number of aryl methyl sites for hydroxylation is 1. The molecule has 2 heterocycles. The van der Waals surface area contributed by atoms with Crippen molar-refractivity contribution < 1.29 is 0 Å². The van der Waals surface area contributed by atoms with E-state index in [4.69, 9.17) is 5.84 Å². The predicted molar refractivity (Wildman–Crippen MR) is 85.5 cm³/mol. The third kappa shape index (κ3) is 3.90. The summed E-state index contributed by atoms with van der Waals surface area (Å²) in [6.07, 6.45) is 6.28. The van der Waals surface area contributed by atoms with Crippen molar-refractivity contribution in [2.75, 3.05) is 11.5 Å².